The molecule has 16 heavy (non-hydrogen) atoms. The minimum atomic E-state index is -0.206. The summed E-state index contributed by atoms with van der Waals surface area (Å²) < 4.78 is 10.6. The van der Waals surface area contributed by atoms with Crippen molar-refractivity contribution < 1.29 is 14.6 Å². The van der Waals surface area contributed by atoms with E-state index in [0.29, 0.717) is 19.6 Å². The summed E-state index contributed by atoms with van der Waals surface area (Å²) >= 11 is 0. The normalized spacial score (nSPS) is 12.4. The van der Waals surface area contributed by atoms with Crippen molar-refractivity contribution in [3.63, 3.8) is 0 Å². The Morgan fingerprint density at radius 3 is 2.94 bits per heavy atom. The zero-order chi connectivity index (χ0) is 11.8. The van der Waals surface area contributed by atoms with Crippen LogP contribution in [-0.4, -0.2) is 31.5 Å². The quantitative estimate of drug-likeness (QED) is 0.724. The predicted octanol–water partition coefficient (Wildman–Crippen LogP) is 0.921. The van der Waals surface area contributed by atoms with E-state index in [-0.39, 0.29) is 12.6 Å². The lowest BCUT2D eigenvalue weighted by atomic mass is 10.2. The lowest BCUT2D eigenvalue weighted by Gasteiger charge is -2.10. The number of ether oxygens (including phenoxy) is 2. The van der Waals surface area contributed by atoms with Crippen LogP contribution >= 0.6 is 0 Å². The first-order chi connectivity index (χ1) is 7.76. The Morgan fingerprint density at radius 2 is 2.25 bits per heavy atom. The second kappa shape index (κ2) is 7.22. The maximum Gasteiger partial charge on any atom is 0.119 e. The van der Waals surface area contributed by atoms with Gasteiger partial charge in [0.05, 0.1) is 19.8 Å². The zero-order valence-electron chi connectivity index (χ0n) is 9.56. The number of benzene rings is 1. The van der Waals surface area contributed by atoms with E-state index in [1.54, 1.807) is 7.11 Å². The van der Waals surface area contributed by atoms with Gasteiger partial charge in [-0.15, -0.1) is 0 Å². The van der Waals surface area contributed by atoms with Gasteiger partial charge >= 0.3 is 0 Å². The molecule has 4 nitrogen and oxygen atoms in total. The Morgan fingerprint density at radius 1 is 1.44 bits per heavy atom. The van der Waals surface area contributed by atoms with Gasteiger partial charge in [0.2, 0.25) is 0 Å². The summed E-state index contributed by atoms with van der Waals surface area (Å²) in [7, 11) is 1.66. The molecule has 90 valence electrons. The van der Waals surface area contributed by atoms with Gasteiger partial charge in [-0.3, -0.25) is 0 Å². The van der Waals surface area contributed by atoms with Gasteiger partial charge in [-0.2, -0.15) is 0 Å². The van der Waals surface area contributed by atoms with Crippen LogP contribution < -0.4 is 10.5 Å². The molecule has 0 aliphatic carbocycles. The van der Waals surface area contributed by atoms with Gasteiger partial charge in [0, 0.05) is 13.2 Å². The predicted molar refractivity (Wildman–Crippen MR) is 62.3 cm³/mol. The molecule has 0 aliphatic heterocycles. The molecule has 1 aromatic rings. The fourth-order valence-electron chi connectivity index (χ4n) is 1.31. The van der Waals surface area contributed by atoms with Crippen molar-refractivity contribution >= 4 is 0 Å². The highest BCUT2D eigenvalue weighted by Gasteiger charge is 2.01. The zero-order valence-corrected chi connectivity index (χ0v) is 9.56. The first kappa shape index (κ1) is 13.0. The Labute approximate surface area is 96.0 Å². The molecule has 3 N–H and O–H groups in total. The molecular weight excluding hydrogens is 206 g/mol. The minimum Gasteiger partial charge on any atom is -0.494 e. The fraction of sp³-hybridized carbons (Fsp3) is 0.500. The Balaban J connectivity index is 2.38. The molecule has 1 unspecified atom stereocenters. The highest BCUT2D eigenvalue weighted by molar-refractivity contribution is 5.28. The van der Waals surface area contributed by atoms with Crippen molar-refractivity contribution in [3.05, 3.63) is 29.8 Å². The Bertz CT molecular complexity index is 304. The molecule has 1 rings (SSSR count). The van der Waals surface area contributed by atoms with Crippen LogP contribution in [0.3, 0.4) is 0 Å². The number of nitrogens with two attached hydrogens (primary N) is 1. The molecule has 0 amide bonds. The molecule has 0 spiro atoms. The molecular formula is C12H19NO3. The average Bonchev–Trinajstić information content (AvgIpc) is 2.30. The molecule has 0 fully saturated rings. The monoisotopic (exact) mass is 225 g/mol. The number of methoxy groups -OCH3 is 1. The van der Waals surface area contributed by atoms with Gasteiger partial charge in [0.25, 0.3) is 0 Å². The molecule has 0 radical (unpaired) electrons. The molecule has 0 heterocycles. The SMILES string of the molecule is COCc1cccc(OCCC(N)CO)c1. The molecule has 0 aromatic heterocycles. The topological polar surface area (TPSA) is 64.7 Å². The first-order valence-electron chi connectivity index (χ1n) is 5.33. The fourth-order valence-corrected chi connectivity index (χ4v) is 1.31. The average molecular weight is 225 g/mol. The summed E-state index contributed by atoms with van der Waals surface area (Å²) in [6, 6.07) is 7.53. The van der Waals surface area contributed by atoms with Crippen LogP contribution in [0.4, 0.5) is 0 Å². The van der Waals surface area contributed by atoms with E-state index in [1.165, 1.54) is 0 Å². The van der Waals surface area contributed by atoms with Crippen molar-refractivity contribution in [1.82, 2.24) is 0 Å². The largest absolute Gasteiger partial charge is 0.494 e. The molecule has 1 atom stereocenters. The number of hydrogen-bond donors (Lipinski definition) is 2. The van der Waals surface area contributed by atoms with Crippen molar-refractivity contribution in [3.8, 4) is 5.75 Å². The Kier molecular flexibility index (Phi) is 5.85. The van der Waals surface area contributed by atoms with Crippen LogP contribution in [-0.2, 0) is 11.3 Å². The van der Waals surface area contributed by atoms with Crippen molar-refractivity contribution in [2.24, 2.45) is 5.73 Å². The molecule has 1 aromatic carbocycles. The maximum atomic E-state index is 8.75. The van der Waals surface area contributed by atoms with E-state index >= 15 is 0 Å². The van der Waals surface area contributed by atoms with Crippen LogP contribution in [0, 0.1) is 0 Å². The summed E-state index contributed by atoms with van der Waals surface area (Å²) in [5.41, 5.74) is 6.64. The third kappa shape index (κ3) is 4.61. The highest BCUT2D eigenvalue weighted by Crippen LogP contribution is 2.14. The standard InChI is InChI=1S/C12H19NO3/c1-15-9-10-3-2-4-12(7-10)16-6-5-11(13)8-14/h2-4,7,11,14H,5-6,8-9,13H2,1H3. The summed E-state index contributed by atoms with van der Waals surface area (Å²) in [4.78, 5) is 0. The van der Waals surface area contributed by atoms with Crippen LogP contribution in [0.15, 0.2) is 24.3 Å². The van der Waals surface area contributed by atoms with E-state index in [0.717, 1.165) is 11.3 Å². The smallest absolute Gasteiger partial charge is 0.119 e. The summed E-state index contributed by atoms with van der Waals surface area (Å²) in [5, 5.41) is 8.75. The van der Waals surface area contributed by atoms with E-state index in [4.69, 9.17) is 20.3 Å². The highest BCUT2D eigenvalue weighted by atomic mass is 16.5. The second-order valence-corrected chi connectivity index (χ2v) is 3.66. The van der Waals surface area contributed by atoms with Crippen LogP contribution in [0.25, 0.3) is 0 Å². The third-order valence-electron chi connectivity index (χ3n) is 2.20. The van der Waals surface area contributed by atoms with Crippen LogP contribution in [0.1, 0.15) is 12.0 Å². The number of aliphatic hydroxyl groups excluding tert-OH is 1. The van der Waals surface area contributed by atoms with E-state index in [1.807, 2.05) is 24.3 Å². The van der Waals surface area contributed by atoms with E-state index in [9.17, 15) is 0 Å². The molecule has 0 saturated carbocycles. The van der Waals surface area contributed by atoms with Crippen molar-refractivity contribution in [2.75, 3.05) is 20.3 Å². The van der Waals surface area contributed by atoms with E-state index < -0.39 is 0 Å². The van der Waals surface area contributed by atoms with Gasteiger partial charge in [-0.05, 0) is 24.1 Å². The van der Waals surface area contributed by atoms with Gasteiger partial charge in [-0.1, -0.05) is 12.1 Å². The molecule has 0 aliphatic rings. The molecule has 0 saturated heterocycles. The summed E-state index contributed by atoms with van der Waals surface area (Å²) in [6.45, 7) is 1.08. The Hall–Kier alpha value is -1.10. The summed E-state index contributed by atoms with van der Waals surface area (Å²) in [5.74, 6) is 0.805. The summed E-state index contributed by atoms with van der Waals surface area (Å²) in [6.07, 6.45) is 0.644. The number of hydrogen-bond acceptors (Lipinski definition) is 4. The number of rotatable bonds is 7. The van der Waals surface area contributed by atoms with Crippen molar-refractivity contribution in [1.29, 1.82) is 0 Å². The van der Waals surface area contributed by atoms with Gasteiger partial charge < -0.3 is 20.3 Å². The van der Waals surface area contributed by atoms with Crippen LogP contribution in [0.2, 0.25) is 0 Å². The van der Waals surface area contributed by atoms with Crippen LogP contribution in [0.5, 0.6) is 5.75 Å². The third-order valence-corrected chi connectivity index (χ3v) is 2.20. The molecule has 0 bridgehead atoms. The second-order valence-electron chi connectivity index (χ2n) is 3.66. The van der Waals surface area contributed by atoms with Gasteiger partial charge in [-0.25, -0.2) is 0 Å². The lowest BCUT2D eigenvalue weighted by molar-refractivity contribution is 0.184. The number of aliphatic hydroxyl groups is 1. The van der Waals surface area contributed by atoms with Gasteiger partial charge in [0.1, 0.15) is 5.75 Å². The first-order valence-corrected chi connectivity index (χ1v) is 5.33. The van der Waals surface area contributed by atoms with Crippen molar-refractivity contribution in [2.45, 2.75) is 19.1 Å². The van der Waals surface area contributed by atoms with E-state index in [2.05, 4.69) is 0 Å². The minimum absolute atomic E-state index is 0.00687. The maximum absolute atomic E-state index is 8.75. The lowest BCUT2D eigenvalue weighted by Crippen LogP contribution is -2.26. The molecule has 4 heteroatoms. The van der Waals surface area contributed by atoms with Gasteiger partial charge in [0.15, 0.2) is 0 Å².